The highest BCUT2D eigenvalue weighted by atomic mass is 32.2. The van der Waals surface area contributed by atoms with Crippen molar-refractivity contribution in [2.45, 2.75) is 5.16 Å². The number of hydrogen-bond acceptors (Lipinski definition) is 6. The number of morpholine rings is 1. The number of phenols is 1. The van der Waals surface area contributed by atoms with Crippen LogP contribution in [0.3, 0.4) is 0 Å². The van der Waals surface area contributed by atoms with Crippen molar-refractivity contribution in [3.8, 4) is 22.8 Å². The second-order valence-corrected chi connectivity index (χ2v) is 7.39. The first-order valence-electron chi connectivity index (χ1n) is 9.04. The Morgan fingerprint density at radius 2 is 1.70 bits per heavy atom. The molecule has 0 saturated carbocycles. The SMILES string of the molecule is Oc1ccc(-c2nnc(SCCN3CCOCC3)n2-c2ccccc2)cc1. The zero-order chi connectivity index (χ0) is 18.5. The summed E-state index contributed by atoms with van der Waals surface area (Å²) in [7, 11) is 0. The molecule has 140 valence electrons. The lowest BCUT2D eigenvalue weighted by Gasteiger charge is -2.26. The Labute approximate surface area is 162 Å². The summed E-state index contributed by atoms with van der Waals surface area (Å²) < 4.78 is 7.49. The van der Waals surface area contributed by atoms with Gasteiger partial charge in [0.25, 0.3) is 0 Å². The Kier molecular flexibility index (Phi) is 5.72. The third kappa shape index (κ3) is 4.32. The van der Waals surface area contributed by atoms with Gasteiger partial charge in [-0.25, -0.2) is 0 Å². The Balaban J connectivity index is 1.58. The van der Waals surface area contributed by atoms with Crippen LogP contribution in [-0.4, -0.2) is 63.4 Å². The normalized spacial score (nSPS) is 15.1. The van der Waals surface area contributed by atoms with E-state index in [9.17, 15) is 5.11 Å². The number of para-hydroxylation sites is 1. The molecule has 4 rings (SSSR count). The monoisotopic (exact) mass is 382 g/mol. The van der Waals surface area contributed by atoms with E-state index in [1.807, 2.05) is 30.3 Å². The first-order chi connectivity index (χ1) is 13.3. The van der Waals surface area contributed by atoms with Gasteiger partial charge < -0.3 is 9.84 Å². The number of benzene rings is 2. The van der Waals surface area contributed by atoms with Gasteiger partial charge in [-0.2, -0.15) is 0 Å². The standard InChI is InChI=1S/C20H22N4O2S/c25-18-8-6-16(7-9-18)19-21-22-20(24(19)17-4-2-1-3-5-17)27-15-12-23-10-13-26-14-11-23/h1-9,25H,10-15H2. The van der Waals surface area contributed by atoms with Gasteiger partial charge in [0, 0.05) is 36.6 Å². The quantitative estimate of drug-likeness (QED) is 0.661. The number of ether oxygens (including phenoxy) is 1. The molecule has 1 N–H and O–H groups in total. The lowest BCUT2D eigenvalue weighted by atomic mass is 10.2. The van der Waals surface area contributed by atoms with Crippen molar-refractivity contribution in [2.24, 2.45) is 0 Å². The van der Waals surface area contributed by atoms with E-state index < -0.39 is 0 Å². The summed E-state index contributed by atoms with van der Waals surface area (Å²) in [5.74, 6) is 1.96. The summed E-state index contributed by atoms with van der Waals surface area (Å²) in [6.07, 6.45) is 0. The van der Waals surface area contributed by atoms with E-state index in [0.717, 1.165) is 60.8 Å². The third-order valence-corrected chi connectivity index (χ3v) is 5.42. The fraction of sp³-hybridized carbons (Fsp3) is 0.300. The highest BCUT2D eigenvalue weighted by Crippen LogP contribution is 2.28. The summed E-state index contributed by atoms with van der Waals surface area (Å²) in [5.41, 5.74) is 1.95. The van der Waals surface area contributed by atoms with E-state index >= 15 is 0 Å². The molecule has 0 aliphatic carbocycles. The van der Waals surface area contributed by atoms with Crippen LogP contribution in [0, 0.1) is 0 Å². The minimum Gasteiger partial charge on any atom is -0.508 e. The van der Waals surface area contributed by atoms with Gasteiger partial charge in [0.05, 0.1) is 13.2 Å². The van der Waals surface area contributed by atoms with Crippen LogP contribution in [0.4, 0.5) is 0 Å². The molecule has 3 aromatic rings. The molecule has 0 radical (unpaired) electrons. The Morgan fingerprint density at radius 3 is 2.44 bits per heavy atom. The summed E-state index contributed by atoms with van der Waals surface area (Å²) in [5, 5.41) is 19.3. The Hall–Kier alpha value is -2.35. The second kappa shape index (κ2) is 8.56. The van der Waals surface area contributed by atoms with Crippen LogP contribution in [0.2, 0.25) is 0 Å². The van der Waals surface area contributed by atoms with Gasteiger partial charge in [0.2, 0.25) is 0 Å². The van der Waals surface area contributed by atoms with Crippen LogP contribution < -0.4 is 0 Å². The maximum atomic E-state index is 9.57. The number of aromatic hydroxyl groups is 1. The average molecular weight is 382 g/mol. The first kappa shape index (κ1) is 18.0. The summed E-state index contributed by atoms with van der Waals surface area (Å²) in [4.78, 5) is 2.42. The van der Waals surface area contributed by atoms with Gasteiger partial charge in [-0.15, -0.1) is 10.2 Å². The number of rotatable bonds is 6. The molecule has 0 unspecified atom stereocenters. The molecule has 1 saturated heterocycles. The van der Waals surface area contributed by atoms with Crippen LogP contribution >= 0.6 is 11.8 Å². The van der Waals surface area contributed by atoms with E-state index in [1.54, 1.807) is 23.9 Å². The van der Waals surface area contributed by atoms with E-state index in [1.165, 1.54) is 0 Å². The van der Waals surface area contributed by atoms with Gasteiger partial charge in [-0.1, -0.05) is 30.0 Å². The number of nitrogens with zero attached hydrogens (tertiary/aromatic N) is 4. The number of phenolic OH excluding ortho intramolecular Hbond substituents is 1. The van der Waals surface area contributed by atoms with Gasteiger partial charge in [-0.05, 0) is 36.4 Å². The molecule has 7 heteroatoms. The van der Waals surface area contributed by atoms with Crippen LogP contribution in [0.1, 0.15) is 0 Å². The van der Waals surface area contributed by atoms with E-state index in [4.69, 9.17) is 4.74 Å². The lowest BCUT2D eigenvalue weighted by Crippen LogP contribution is -2.37. The van der Waals surface area contributed by atoms with Crippen LogP contribution in [0.15, 0.2) is 59.8 Å². The molecule has 0 bridgehead atoms. The molecule has 2 heterocycles. The molecule has 1 aromatic heterocycles. The highest BCUT2D eigenvalue weighted by molar-refractivity contribution is 7.99. The smallest absolute Gasteiger partial charge is 0.196 e. The predicted molar refractivity (Wildman–Crippen MR) is 106 cm³/mol. The maximum absolute atomic E-state index is 9.57. The van der Waals surface area contributed by atoms with Crippen molar-refractivity contribution in [2.75, 3.05) is 38.6 Å². The zero-order valence-corrected chi connectivity index (χ0v) is 15.8. The van der Waals surface area contributed by atoms with Gasteiger partial charge in [0.15, 0.2) is 11.0 Å². The van der Waals surface area contributed by atoms with Crippen LogP contribution in [0.5, 0.6) is 5.75 Å². The first-order valence-corrected chi connectivity index (χ1v) is 10.0. The molecule has 6 nitrogen and oxygen atoms in total. The minimum absolute atomic E-state index is 0.240. The van der Waals surface area contributed by atoms with E-state index in [0.29, 0.717) is 0 Å². The molecule has 1 aliphatic heterocycles. The van der Waals surface area contributed by atoms with Crippen molar-refractivity contribution in [3.63, 3.8) is 0 Å². The largest absolute Gasteiger partial charge is 0.508 e. The third-order valence-electron chi connectivity index (χ3n) is 4.52. The topological polar surface area (TPSA) is 63.4 Å². The molecule has 1 aliphatic rings. The van der Waals surface area contributed by atoms with E-state index in [-0.39, 0.29) is 5.75 Å². The lowest BCUT2D eigenvalue weighted by molar-refractivity contribution is 0.0410. The molecular weight excluding hydrogens is 360 g/mol. The summed E-state index contributed by atoms with van der Waals surface area (Å²) >= 11 is 1.71. The molecule has 0 atom stereocenters. The molecular formula is C20H22N4O2S. The van der Waals surface area contributed by atoms with Crippen LogP contribution in [-0.2, 0) is 4.74 Å². The average Bonchev–Trinajstić information content (AvgIpc) is 3.14. The highest BCUT2D eigenvalue weighted by Gasteiger charge is 2.17. The number of aromatic nitrogens is 3. The van der Waals surface area contributed by atoms with Crippen molar-refractivity contribution < 1.29 is 9.84 Å². The van der Waals surface area contributed by atoms with Crippen molar-refractivity contribution in [1.29, 1.82) is 0 Å². The molecule has 2 aromatic carbocycles. The predicted octanol–water partition coefficient (Wildman–Crippen LogP) is 3.06. The fourth-order valence-corrected chi connectivity index (χ4v) is 4.01. The molecule has 1 fully saturated rings. The zero-order valence-electron chi connectivity index (χ0n) is 15.0. The van der Waals surface area contributed by atoms with Crippen molar-refractivity contribution in [3.05, 3.63) is 54.6 Å². The van der Waals surface area contributed by atoms with Gasteiger partial charge >= 0.3 is 0 Å². The number of hydrogen-bond donors (Lipinski definition) is 1. The number of thioether (sulfide) groups is 1. The summed E-state index contributed by atoms with van der Waals surface area (Å²) in [6.45, 7) is 4.62. The Bertz CT molecular complexity index is 861. The van der Waals surface area contributed by atoms with Gasteiger partial charge in [-0.3, -0.25) is 9.47 Å². The fourth-order valence-electron chi connectivity index (χ4n) is 3.06. The van der Waals surface area contributed by atoms with Crippen LogP contribution in [0.25, 0.3) is 17.1 Å². The van der Waals surface area contributed by atoms with Crippen molar-refractivity contribution in [1.82, 2.24) is 19.7 Å². The maximum Gasteiger partial charge on any atom is 0.196 e. The van der Waals surface area contributed by atoms with E-state index in [2.05, 4.69) is 31.8 Å². The molecule has 0 amide bonds. The van der Waals surface area contributed by atoms with Gasteiger partial charge in [0.1, 0.15) is 5.75 Å². The molecule has 27 heavy (non-hydrogen) atoms. The Morgan fingerprint density at radius 1 is 0.963 bits per heavy atom. The van der Waals surface area contributed by atoms with Crippen molar-refractivity contribution >= 4 is 11.8 Å². The summed E-state index contributed by atoms with van der Waals surface area (Å²) in [6, 6.07) is 17.2. The molecule has 0 spiro atoms. The minimum atomic E-state index is 0.240. The second-order valence-electron chi connectivity index (χ2n) is 6.33.